The van der Waals surface area contributed by atoms with Gasteiger partial charge < -0.3 is 15.4 Å². The summed E-state index contributed by atoms with van der Waals surface area (Å²) in [6, 6.07) is 2.22. The molecule has 1 heterocycles. The SMILES string of the molecule is COc1cc(C)nc(N(C)CC2CC(N)C2)n1. The Kier molecular flexibility index (Phi) is 3.47. The minimum Gasteiger partial charge on any atom is -0.481 e. The van der Waals surface area contributed by atoms with Crippen LogP contribution in [0.4, 0.5) is 5.95 Å². The van der Waals surface area contributed by atoms with Crippen LogP contribution in [0.25, 0.3) is 0 Å². The topological polar surface area (TPSA) is 64.3 Å². The number of hydrogen-bond acceptors (Lipinski definition) is 5. The van der Waals surface area contributed by atoms with Crippen LogP contribution in [0.5, 0.6) is 5.88 Å². The second kappa shape index (κ2) is 4.87. The predicted octanol–water partition coefficient (Wildman–Crippen LogP) is 0.967. The molecule has 2 rings (SSSR count). The van der Waals surface area contributed by atoms with Crippen LogP contribution < -0.4 is 15.4 Å². The van der Waals surface area contributed by atoms with Gasteiger partial charge in [-0.2, -0.15) is 4.98 Å². The average Bonchev–Trinajstić information content (AvgIpc) is 2.26. The van der Waals surface area contributed by atoms with E-state index in [0.29, 0.717) is 17.8 Å². The number of aromatic nitrogens is 2. The summed E-state index contributed by atoms with van der Waals surface area (Å²) in [6.07, 6.45) is 2.21. The van der Waals surface area contributed by atoms with Crippen molar-refractivity contribution in [2.75, 3.05) is 25.6 Å². The van der Waals surface area contributed by atoms with Crippen molar-refractivity contribution in [2.24, 2.45) is 11.7 Å². The van der Waals surface area contributed by atoms with E-state index in [1.807, 2.05) is 20.0 Å². The van der Waals surface area contributed by atoms with E-state index in [2.05, 4.69) is 14.9 Å². The first kappa shape index (κ1) is 12.1. The molecule has 0 aliphatic heterocycles. The molecule has 2 N–H and O–H groups in total. The van der Waals surface area contributed by atoms with Crippen LogP contribution in [0.2, 0.25) is 0 Å². The highest BCUT2D eigenvalue weighted by atomic mass is 16.5. The fourth-order valence-electron chi connectivity index (χ4n) is 2.21. The number of nitrogens with two attached hydrogens (primary N) is 1. The highest BCUT2D eigenvalue weighted by Crippen LogP contribution is 2.27. The van der Waals surface area contributed by atoms with Crippen LogP contribution in [0.1, 0.15) is 18.5 Å². The minimum atomic E-state index is 0.390. The molecule has 0 spiro atoms. The standard InChI is InChI=1S/C12H20N4O/c1-8-4-11(17-3)15-12(14-8)16(2)7-9-5-10(13)6-9/h4,9-10H,5-7,13H2,1-3H3. The van der Waals surface area contributed by atoms with Crippen LogP contribution in [0, 0.1) is 12.8 Å². The fourth-order valence-corrected chi connectivity index (χ4v) is 2.21. The molecular formula is C12H20N4O. The van der Waals surface area contributed by atoms with Gasteiger partial charge in [-0.1, -0.05) is 0 Å². The van der Waals surface area contributed by atoms with Gasteiger partial charge in [-0.05, 0) is 25.7 Å². The Balaban J connectivity index is 2.02. The van der Waals surface area contributed by atoms with Crippen molar-refractivity contribution >= 4 is 5.95 Å². The Morgan fingerprint density at radius 3 is 2.76 bits per heavy atom. The summed E-state index contributed by atoms with van der Waals surface area (Å²) >= 11 is 0. The normalized spacial score (nSPS) is 23.1. The molecule has 1 aromatic heterocycles. The van der Waals surface area contributed by atoms with Crippen molar-refractivity contribution in [1.82, 2.24) is 9.97 Å². The third kappa shape index (κ3) is 2.85. The smallest absolute Gasteiger partial charge is 0.228 e. The fraction of sp³-hybridized carbons (Fsp3) is 0.667. The summed E-state index contributed by atoms with van der Waals surface area (Å²) in [5, 5.41) is 0. The highest BCUT2D eigenvalue weighted by Gasteiger charge is 2.27. The summed E-state index contributed by atoms with van der Waals surface area (Å²) in [5.74, 6) is 2.01. The first-order chi connectivity index (χ1) is 8.08. The quantitative estimate of drug-likeness (QED) is 0.843. The number of aryl methyl sites for hydroxylation is 1. The molecule has 0 atom stereocenters. The van der Waals surface area contributed by atoms with E-state index in [1.165, 1.54) is 0 Å². The Bertz CT molecular complexity index is 390. The van der Waals surface area contributed by atoms with Gasteiger partial charge in [0.25, 0.3) is 0 Å². The van der Waals surface area contributed by atoms with E-state index in [9.17, 15) is 0 Å². The minimum absolute atomic E-state index is 0.390. The Hall–Kier alpha value is -1.36. The van der Waals surface area contributed by atoms with Crippen molar-refractivity contribution in [2.45, 2.75) is 25.8 Å². The molecule has 94 valence electrons. The van der Waals surface area contributed by atoms with Crippen molar-refractivity contribution in [3.05, 3.63) is 11.8 Å². The van der Waals surface area contributed by atoms with Crippen molar-refractivity contribution < 1.29 is 4.74 Å². The van der Waals surface area contributed by atoms with E-state index in [4.69, 9.17) is 10.5 Å². The van der Waals surface area contributed by atoms with Crippen LogP contribution >= 0.6 is 0 Å². The molecule has 1 aromatic rings. The highest BCUT2D eigenvalue weighted by molar-refractivity contribution is 5.33. The number of rotatable bonds is 4. The van der Waals surface area contributed by atoms with Crippen LogP contribution in [0.3, 0.4) is 0 Å². The van der Waals surface area contributed by atoms with Gasteiger partial charge in [-0.3, -0.25) is 0 Å². The van der Waals surface area contributed by atoms with Gasteiger partial charge in [0.05, 0.1) is 7.11 Å². The molecule has 0 amide bonds. The molecule has 5 heteroatoms. The number of ether oxygens (including phenoxy) is 1. The number of nitrogens with zero attached hydrogens (tertiary/aromatic N) is 3. The largest absolute Gasteiger partial charge is 0.481 e. The zero-order valence-electron chi connectivity index (χ0n) is 10.7. The average molecular weight is 236 g/mol. The number of hydrogen-bond donors (Lipinski definition) is 1. The lowest BCUT2D eigenvalue weighted by molar-refractivity contribution is 0.270. The lowest BCUT2D eigenvalue weighted by Gasteiger charge is -2.35. The summed E-state index contributed by atoms with van der Waals surface area (Å²) in [5.41, 5.74) is 6.70. The second-order valence-corrected chi connectivity index (χ2v) is 4.83. The molecule has 5 nitrogen and oxygen atoms in total. The molecule has 1 aliphatic carbocycles. The van der Waals surface area contributed by atoms with Gasteiger partial charge in [-0.25, -0.2) is 4.98 Å². The van der Waals surface area contributed by atoms with Gasteiger partial charge in [0, 0.05) is 31.4 Å². The van der Waals surface area contributed by atoms with E-state index in [-0.39, 0.29) is 0 Å². The summed E-state index contributed by atoms with van der Waals surface area (Å²) in [7, 11) is 3.63. The molecule has 1 aliphatic rings. The van der Waals surface area contributed by atoms with Crippen LogP contribution in [-0.4, -0.2) is 36.7 Å². The van der Waals surface area contributed by atoms with E-state index in [0.717, 1.165) is 31.0 Å². The lowest BCUT2D eigenvalue weighted by atomic mass is 9.81. The third-order valence-electron chi connectivity index (χ3n) is 3.17. The molecule has 0 unspecified atom stereocenters. The zero-order chi connectivity index (χ0) is 12.4. The van der Waals surface area contributed by atoms with E-state index < -0.39 is 0 Å². The van der Waals surface area contributed by atoms with Gasteiger partial charge in [0.2, 0.25) is 11.8 Å². The first-order valence-corrected chi connectivity index (χ1v) is 5.95. The van der Waals surface area contributed by atoms with Gasteiger partial charge >= 0.3 is 0 Å². The molecular weight excluding hydrogens is 216 g/mol. The second-order valence-electron chi connectivity index (χ2n) is 4.83. The van der Waals surface area contributed by atoms with Crippen LogP contribution in [0.15, 0.2) is 6.07 Å². The number of anilines is 1. The Morgan fingerprint density at radius 1 is 1.47 bits per heavy atom. The van der Waals surface area contributed by atoms with Crippen molar-refractivity contribution in [3.63, 3.8) is 0 Å². The first-order valence-electron chi connectivity index (χ1n) is 5.95. The Morgan fingerprint density at radius 2 is 2.18 bits per heavy atom. The molecule has 0 saturated heterocycles. The summed E-state index contributed by atoms with van der Waals surface area (Å²) in [4.78, 5) is 10.8. The predicted molar refractivity (Wildman–Crippen MR) is 67.3 cm³/mol. The third-order valence-corrected chi connectivity index (χ3v) is 3.17. The van der Waals surface area contributed by atoms with Gasteiger partial charge in [0.1, 0.15) is 0 Å². The molecule has 1 saturated carbocycles. The van der Waals surface area contributed by atoms with Gasteiger partial charge in [0.15, 0.2) is 0 Å². The molecule has 0 aromatic carbocycles. The molecule has 0 radical (unpaired) electrons. The zero-order valence-corrected chi connectivity index (χ0v) is 10.7. The molecule has 17 heavy (non-hydrogen) atoms. The van der Waals surface area contributed by atoms with E-state index >= 15 is 0 Å². The summed E-state index contributed by atoms with van der Waals surface area (Å²) in [6.45, 7) is 2.90. The Labute approximate surface area is 102 Å². The maximum Gasteiger partial charge on any atom is 0.228 e. The lowest BCUT2D eigenvalue weighted by Crippen LogP contribution is -2.42. The van der Waals surface area contributed by atoms with Crippen molar-refractivity contribution in [1.29, 1.82) is 0 Å². The van der Waals surface area contributed by atoms with Gasteiger partial charge in [-0.15, -0.1) is 0 Å². The van der Waals surface area contributed by atoms with Crippen molar-refractivity contribution in [3.8, 4) is 5.88 Å². The van der Waals surface area contributed by atoms with Crippen LogP contribution in [-0.2, 0) is 0 Å². The maximum absolute atomic E-state index is 5.78. The van der Waals surface area contributed by atoms with E-state index in [1.54, 1.807) is 7.11 Å². The number of methoxy groups -OCH3 is 1. The summed E-state index contributed by atoms with van der Waals surface area (Å²) < 4.78 is 5.15. The molecule has 0 bridgehead atoms. The monoisotopic (exact) mass is 236 g/mol. The molecule has 1 fully saturated rings. The maximum atomic E-state index is 5.78.